The molecular weight excluding hydrogens is 575 g/mol. The number of halogens is 2. The van der Waals surface area contributed by atoms with Crippen LogP contribution in [0.3, 0.4) is 0 Å². The van der Waals surface area contributed by atoms with Crippen LogP contribution >= 0.6 is 23.2 Å². The number of benzene rings is 3. The molecule has 2 aliphatic heterocycles. The van der Waals surface area contributed by atoms with Crippen molar-refractivity contribution in [3.8, 4) is 0 Å². The van der Waals surface area contributed by atoms with Crippen molar-refractivity contribution in [1.82, 2.24) is 4.90 Å². The maximum absolute atomic E-state index is 13.3. The first-order valence-corrected chi connectivity index (χ1v) is 16.9. The maximum atomic E-state index is 13.3. The van der Waals surface area contributed by atoms with Gasteiger partial charge in [-0.05, 0) is 93.6 Å². The second-order valence-corrected chi connectivity index (χ2v) is 14.7. The number of rotatable bonds is 9. The lowest BCUT2D eigenvalue weighted by Gasteiger charge is -2.40. The number of hydrogen-bond donors (Lipinski definition) is 0. The number of hydrogen-bond acceptors (Lipinski definition) is 4. The number of ketones is 1. The number of piperidine rings is 1. The third kappa shape index (κ3) is 6.83. The van der Waals surface area contributed by atoms with E-state index < -0.39 is 10.0 Å². The van der Waals surface area contributed by atoms with Gasteiger partial charge in [0, 0.05) is 24.8 Å². The van der Waals surface area contributed by atoms with E-state index in [2.05, 4.69) is 43.0 Å². The third-order valence-electron chi connectivity index (χ3n) is 8.77. The topological polar surface area (TPSA) is 57.7 Å². The number of aryl methyl sites for hydroxylation is 2. The summed E-state index contributed by atoms with van der Waals surface area (Å²) < 4.78 is 26.7. The van der Waals surface area contributed by atoms with E-state index in [-0.39, 0.29) is 17.1 Å². The van der Waals surface area contributed by atoms with Gasteiger partial charge in [-0.2, -0.15) is 0 Å². The summed E-state index contributed by atoms with van der Waals surface area (Å²) in [7, 11) is -3.34. The average Bonchev–Trinajstić information content (AvgIpc) is 3.23. The predicted octanol–water partition coefficient (Wildman–Crippen LogP) is 7.10. The molecule has 0 saturated carbocycles. The summed E-state index contributed by atoms with van der Waals surface area (Å²) in [6.45, 7) is 7.26. The van der Waals surface area contributed by atoms with E-state index in [0.29, 0.717) is 29.4 Å². The van der Waals surface area contributed by atoms with Crippen LogP contribution in [0.1, 0.15) is 59.4 Å². The Morgan fingerprint density at radius 2 is 1.63 bits per heavy atom. The van der Waals surface area contributed by atoms with E-state index in [1.807, 2.05) is 36.4 Å². The SMILES string of the molecule is Cc1cc(C)cc(CC(=O)CC(CCN2CCC3(CC2)CN(S(C)(=O)=O)c2ccccc23)c2ccc(Cl)c(Cl)c2)c1. The van der Waals surface area contributed by atoms with Crippen molar-refractivity contribution in [2.24, 2.45) is 0 Å². The summed E-state index contributed by atoms with van der Waals surface area (Å²) in [6.07, 6.45) is 4.79. The number of carbonyl (C=O) groups excluding carboxylic acids is 1. The van der Waals surface area contributed by atoms with E-state index >= 15 is 0 Å². The molecule has 0 N–H and O–H groups in total. The zero-order valence-corrected chi connectivity index (χ0v) is 26.3. The van der Waals surface area contributed by atoms with Crippen LogP contribution in [0.15, 0.2) is 60.7 Å². The van der Waals surface area contributed by atoms with Gasteiger partial charge in [0.15, 0.2) is 0 Å². The summed E-state index contributed by atoms with van der Waals surface area (Å²) in [4.78, 5) is 15.7. The summed E-state index contributed by atoms with van der Waals surface area (Å²) in [5.74, 6) is 0.249. The van der Waals surface area contributed by atoms with Crippen LogP contribution in [0, 0.1) is 13.8 Å². The molecule has 3 aromatic rings. The number of anilines is 1. The van der Waals surface area contributed by atoms with Gasteiger partial charge in [-0.3, -0.25) is 9.10 Å². The molecule has 5 nitrogen and oxygen atoms in total. The number of nitrogens with zero attached hydrogens (tertiary/aromatic N) is 2. The quantitative estimate of drug-likeness (QED) is 0.259. The highest BCUT2D eigenvalue weighted by atomic mass is 35.5. The number of likely N-dealkylation sites (tertiary alicyclic amines) is 1. The molecule has 1 spiro atoms. The molecule has 1 fully saturated rings. The normalized spacial score (nSPS) is 17.5. The van der Waals surface area contributed by atoms with Crippen LogP contribution in [0.2, 0.25) is 10.0 Å². The van der Waals surface area contributed by atoms with Crippen LogP contribution in [0.4, 0.5) is 5.69 Å². The lowest BCUT2D eigenvalue weighted by molar-refractivity contribution is -0.118. The molecule has 0 aliphatic carbocycles. The minimum atomic E-state index is -3.34. The standard InChI is InChI=1S/C33H38Cl2N2O3S/c1-23-16-24(2)18-25(17-23)19-28(38)20-27(26-8-9-30(34)31(35)21-26)10-13-36-14-11-33(12-15-36)22-37(41(3,39)40)32-7-5-4-6-29(32)33/h4-9,16-18,21,27H,10-15,19-20,22H2,1-3H3. The van der Waals surface area contributed by atoms with E-state index in [1.54, 1.807) is 4.31 Å². The van der Waals surface area contributed by atoms with Crippen molar-refractivity contribution in [1.29, 1.82) is 0 Å². The van der Waals surface area contributed by atoms with Crippen molar-refractivity contribution >= 4 is 44.7 Å². The van der Waals surface area contributed by atoms with Crippen LogP contribution in [0.25, 0.3) is 0 Å². The monoisotopic (exact) mass is 612 g/mol. The third-order valence-corrected chi connectivity index (χ3v) is 10.6. The van der Waals surface area contributed by atoms with Crippen molar-refractivity contribution in [3.63, 3.8) is 0 Å². The molecule has 2 aliphatic rings. The van der Waals surface area contributed by atoms with Crippen LogP contribution in [-0.2, 0) is 26.7 Å². The van der Waals surface area contributed by atoms with Crippen molar-refractivity contribution in [2.75, 3.05) is 36.7 Å². The van der Waals surface area contributed by atoms with Gasteiger partial charge in [-0.15, -0.1) is 0 Å². The fourth-order valence-electron chi connectivity index (χ4n) is 6.75. The minimum absolute atomic E-state index is 0.0343. The summed E-state index contributed by atoms with van der Waals surface area (Å²) in [6, 6.07) is 20.0. The van der Waals surface area contributed by atoms with Crippen molar-refractivity contribution < 1.29 is 13.2 Å². The van der Waals surface area contributed by atoms with Gasteiger partial charge >= 0.3 is 0 Å². The molecule has 1 atom stereocenters. The lowest BCUT2D eigenvalue weighted by Crippen LogP contribution is -2.46. The second kappa shape index (κ2) is 12.1. The van der Waals surface area contributed by atoms with E-state index in [0.717, 1.165) is 61.3 Å². The van der Waals surface area contributed by atoms with Gasteiger partial charge in [0.2, 0.25) is 10.0 Å². The Labute approximate surface area is 254 Å². The molecule has 0 radical (unpaired) electrons. The predicted molar refractivity (Wildman–Crippen MR) is 169 cm³/mol. The molecule has 0 aromatic heterocycles. The molecule has 1 unspecified atom stereocenters. The molecule has 1 saturated heterocycles. The molecular formula is C33H38Cl2N2O3S. The number of para-hydroxylation sites is 1. The number of Topliss-reactive ketones (excluding diaryl/α,β-unsaturated/α-hetero) is 1. The minimum Gasteiger partial charge on any atom is -0.303 e. The van der Waals surface area contributed by atoms with Crippen molar-refractivity contribution in [3.05, 3.63) is 98.5 Å². The molecule has 0 amide bonds. The summed E-state index contributed by atoms with van der Waals surface area (Å²) in [5, 5.41) is 1.02. The van der Waals surface area contributed by atoms with Gasteiger partial charge in [-0.1, -0.05) is 76.8 Å². The van der Waals surface area contributed by atoms with Crippen LogP contribution < -0.4 is 4.31 Å². The maximum Gasteiger partial charge on any atom is 0.232 e. The van der Waals surface area contributed by atoms with Gasteiger partial charge in [0.25, 0.3) is 0 Å². The average molecular weight is 614 g/mol. The first-order chi connectivity index (χ1) is 19.4. The van der Waals surface area contributed by atoms with Gasteiger partial charge in [0.1, 0.15) is 5.78 Å². The Balaban J connectivity index is 1.27. The fraction of sp³-hybridized carbons (Fsp3) is 0.424. The van der Waals surface area contributed by atoms with E-state index in [4.69, 9.17) is 23.2 Å². The molecule has 218 valence electrons. The highest BCUT2D eigenvalue weighted by Crippen LogP contribution is 2.48. The summed E-state index contributed by atoms with van der Waals surface area (Å²) in [5.41, 5.74) is 6.25. The first-order valence-electron chi connectivity index (χ1n) is 14.3. The van der Waals surface area contributed by atoms with Gasteiger partial charge in [0.05, 0.1) is 22.0 Å². The largest absolute Gasteiger partial charge is 0.303 e. The molecule has 5 rings (SSSR count). The zero-order valence-electron chi connectivity index (χ0n) is 24.0. The number of fused-ring (bicyclic) bond motifs is 2. The number of carbonyl (C=O) groups is 1. The Morgan fingerprint density at radius 3 is 2.29 bits per heavy atom. The molecule has 0 bridgehead atoms. The molecule has 41 heavy (non-hydrogen) atoms. The van der Waals surface area contributed by atoms with Gasteiger partial charge < -0.3 is 4.90 Å². The van der Waals surface area contributed by atoms with Gasteiger partial charge in [-0.25, -0.2) is 8.42 Å². The first kappa shape index (κ1) is 30.1. The highest BCUT2D eigenvalue weighted by Gasteiger charge is 2.46. The van der Waals surface area contributed by atoms with Crippen molar-refractivity contribution in [2.45, 2.75) is 57.3 Å². The molecule has 8 heteroatoms. The second-order valence-electron chi connectivity index (χ2n) is 12.0. The number of sulfonamides is 1. The fourth-order valence-corrected chi connectivity index (χ4v) is 8.05. The molecule has 3 aromatic carbocycles. The Kier molecular flexibility index (Phi) is 8.87. The van der Waals surface area contributed by atoms with E-state index in [9.17, 15) is 13.2 Å². The Bertz CT molecular complexity index is 1530. The van der Waals surface area contributed by atoms with E-state index in [1.165, 1.54) is 17.4 Å². The highest BCUT2D eigenvalue weighted by molar-refractivity contribution is 7.92. The lowest BCUT2D eigenvalue weighted by atomic mass is 9.74. The molecule has 2 heterocycles. The Hall–Kier alpha value is -2.38. The van der Waals surface area contributed by atoms with Crippen LogP contribution in [-0.4, -0.2) is 51.5 Å². The summed E-state index contributed by atoms with van der Waals surface area (Å²) >= 11 is 12.6. The van der Waals surface area contributed by atoms with Crippen LogP contribution in [0.5, 0.6) is 0 Å². The smallest absolute Gasteiger partial charge is 0.232 e. The zero-order chi connectivity index (χ0) is 29.4. The Morgan fingerprint density at radius 1 is 0.951 bits per heavy atom.